The summed E-state index contributed by atoms with van der Waals surface area (Å²) in [5, 5.41) is 32.2. The number of aliphatic hydroxyl groups is 1. The van der Waals surface area contributed by atoms with Gasteiger partial charge in [-0.2, -0.15) is 0 Å². The van der Waals surface area contributed by atoms with E-state index in [0.717, 1.165) is 0 Å². The van der Waals surface area contributed by atoms with Crippen molar-refractivity contribution < 1.29 is 39.3 Å². The highest BCUT2D eigenvalue weighted by Crippen LogP contribution is 1.90. The highest BCUT2D eigenvalue weighted by Gasteiger charge is 2.23. The Morgan fingerprint density at radius 2 is 1.62 bits per heavy atom. The summed E-state index contributed by atoms with van der Waals surface area (Å²) in [6.45, 7) is -0.104. The lowest BCUT2D eigenvalue weighted by molar-refractivity contribution is -0.143. The molecule has 0 fully saturated rings. The molecule has 0 radical (unpaired) electrons. The van der Waals surface area contributed by atoms with Crippen molar-refractivity contribution in [2.24, 2.45) is 5.73 Å². The fraction of sp³-hybridized carbons (Fsp3) is 0.583. The molecule has 3 unspecified atom stereocenters. The number of carboxylic acids is 2. The first-order valence-corrected chi connectivity index (χ1v) is 6.77. The van der Waals surface area contributed by atoms with E-state index < -0.39 is 67.4 Å². The van der Waals surface area contributed by atoms with Crippen molar-refractivity contribution in [2.75, 3.05) is 13.2 Å². The van der Waals surface area contributed by atoms with Gasteiger partial charge in [0.05, 0.1) is 25.6 Å². The molecule has 0 aromatic heterocycles. The van der Waals surface area contributed by atoms with Gasteiger partial charge in [0.15, 0.2) is 0 Å². The Labute approximate surface area is 136 Å². The molecule has 0 aliphatic rings. The second-order valence-electron chi connectivity index (χ2n) is 4.79. The highest BCUT2D eigenvalue weighted by molar-refractivity contribution is 5.92. The Balaban J connectivity index is 4.31. The van der Waals surface area contributed by atoms with Crippen LogP contribution in [0.25, 0.3) is 0 Å². The summed E-state index contributed by atoms with van der Waals surface area (Å²) in [5.41, 5.74) is 5.28. The lowest BCUT2D eigenvalue weighted by atomic mass is 10.2. The minimum absolute atomic E-state index is 0.549. The Kier molecular flexibility index (Phi) is 8.97. The van der Waals surface area contributed by atoms with Crippen LogP contribution in [0.1, 0.15) is 13.3 Å². The fourth-order valence-electron chi connectivity index (χ4n) is 1.42. The number of nitrogens with two attached hydrogens (primary N) is 1. The predicted octanol–water partition coefficient (Wildman–Crippen LogP) is -4.03. The Hall–Kier alpha value is -2.73. The summed E-state index contributed by atoms with van der Waals surface area (Å²) >= 11 is 0. The molecule has 0 aromatic rings. The lowest BCUT2D eigenvalue weighted by Gasteiger charge is -2.17. The number of amides is 3. The van der Waals surface area contributed by atoms with Crippen molar-refractivity contribution in [2.45, 2.75) is 31.5 Å². The Morgan fingerprint density at radius 1 is 1.04 bits per heavy atom. The molecule has 0 heterocycles. The lowest BCUT2D eigenvalue weighted by Crippen LogP contribution is -2.53. The van der Waals surface area contributed by atoms with Crippen LogP contribution in [0.4, 0.5) is 0 Å². The molecule has 0 spiro atoms. The van der Waals surface area contributed by atoms with Crippen LogP contribution in [0, 0.1) is 0 Å². The molecule has 3 amide bonds. The number of carbonyl (C=O) groups is 5. The standard InChI is InChI=1S/C12H20N4O8/c1-5(10(21)16-7(4-17)12(23)24)15-8(18)3-14-11(22)6(13)2-9(19)20/h5-7,17H,2-4,13H2,1H3,(H,14,22)(H,15,18)(H,16,21)(H,19,20)(H,23,24). The van der Waals surface area contributed by atoms with Gasteiger partial charge in [0.25, 0.3) is 0 Å². The Bertz CT molecular complexity index is 509. The van der Waals surface area contributed by atoms with Gasteiger partial charge in [-0.25, -0.2) is 4.79 Å². The van der Waals surface area contributed by atoms with E-state index in [2.05, 4.69) is 10.6 Å². The third-order valence-corrected chi connectivity index (χ3v) is 2.72. The summed E-state index contributed by atoms with van der Waals surface area (Å²) in [6, 6.07) is -3.96. The molecule has 3 atom stereocenters. The number of nitrogens with one attached hydrogen (secondary N) is 3. The van der Waals surface area contributed by atoms with Crippen LogP contribution in [0.5, 0.6) is 0 Å². The topological polar surface area (TPSA) is 208 Å². The minimum Gasteiger partial charge on any atom is -0.481 e. The summed E-state index contributed by atoms with van der Waals surface area (Å²) in [4.78, 5) is 55.7. The number of aliphatic hydroxyl groups excluding tert-OH is 1. The summed E-state index contributed by atoms with van der Waals surface area (Å²) in [7, 11) is 0. The first-order chi connectivity index (χ1) is 11.1. The predicted molar refractivity (Wildman–Crippen MR) is 77.5 cm³/mol. The van der Waals surface area contributed by atoms with Crippen molar-refractivity contribution >= 4 is 29.7 Å². The molecular weight excluding hydrogens is 328 g/mol. The quantitative estimate of drug-likeness (QED) is 0.205. The highest BCUT2D eigenvalue weighted by atomic mass is 16.4. The van der Waals surface area contributed by atoms with Gasteiger partial charge in [-0.1, -0.05) is 0 Å². The Morgan fingerprint density at radius 3 is 2.08 bits per heavy atom. The maximum Gasteiger partial charge on any atom is 0.328 e. The molecule has 0 rings (SSSR count). The molecule has 0 saturated heterocycles. The molecule has 0 saturated carbocycles. The maximum atomic E-state index is 11.6. The zero-order chi connectivity index (χ0) is 18.9. The molecule has 0 aliphatic carbocycles. The van der Waals surface area contributed by atoms with Crippen molar-refractivity contribution in [3.63, 3.8) is 0 Å². The number of carbonyl (C=O) groups excluding carboxylic acids is 3. The molecule has 12 nitrogen and oxygen atoms in total. The van der Waals surface area contributed by atoms with E-state index in [1.54, 1.807) is 0 Å². The van der Waals surface area contributed by atoms with Crippen LogP contribution in [-0.2, 0) is 24.0 Å². The second-order valence-corrected chi connectivity index (χ2v) is 4.79. The van der Waals surface area contributed by atoms with Crippen molar-refractivity contribution in [1.29, 1.82) is 0 Å². The van der Waals surface area contributed by atoms with Gasteiger partial charge in [-0.3, -0.25) is 19.2 Å². The van der Waals surface area contributed by atoms with E-state index in [9.17, 15) is 24.0 Å². The minimum atomic E-state index is -1.51. The third kappa shape index (κ3) is 8.05. The first-order valence-electron chi connectivity index (χ1n) is 6.77. The second kappa shape index (κ2) is 10.1. The van der Waals surface area contributed by atoms with Crippen LogP contribution >= 0.6 is 0 Å². The van der Waals surface area contributed by atoms with Gasteiger partial charge in [0, 0.05) is 0 Å². The van der Waals surface area contributed by atoms with Crippen LogP contribution in [0.15, 0.2) is 0 Å². The summed E-state index contributed by atoms with van der Waals surface area (Å²) < 4.78 is 0. The van der Waals surface area contributed by atoms with Crippen LogP contribution < -0.4 is 21.7 Å². The van der Waals surface area contributed by atoms with E-state index in [-0.39, 0.29) is 0 Å². The number of rotatable bonds is 10. The monoisotopic (exact) mass is 348 g/mol. The van der Waals surface area contributed by atoms with E-state index in [0.29, 0.717) is 0 Å². The number of carboxylic acid groups (broad SMARTS) is 2. The maximum absolute atomic E-state index is 11.6. The first kappa shape index (κ1) is 21.3. The van der Waals surface area contributed by atoms with Crippen molar-refractivity contribution in [1.82, 2.24) is 16.0 Å². The number of aliphatic carboxylic acids is 2. The molecule has 0 aliphatic heterocycles. The largest absolute Gasteiger partial charge is 0.481 e. The normalized spacial score (nSPS) is 14.0. The van der Waals surface area contributed by atoms with Gasteiger partial charge >= 0.3 is 11.9 Å². The van der Waals surface area contributed by atoms with Gasteiger partial charge in [-0.05, 0) is 6.92 Å². The number of hydrogen-bond acceptors (Lipinski definition) is 7. The van der Waals surface area contributed by atoms with Crippen LogP contribution in [-0.4, -0.2) is 76.3 Å². The molecule has 0 bridgehead atoms. The zero-order valence-electron chi connectivity index (χ0n) is 12.8. The van der Waals surface area contributed by atoms with Crippen molar-refractivity contribution in [3.05, 3.63) is 0 Å². The van der Waals surface area contributed by atoms with Crippen molar-refractivity contribution in [3.8, 4) is 0 Å². The van der Waals surface area contributed by atoms with Gasteiger partial charge in [-0.15, -0.1) is 0 Å². The fourth-order valence-corrected chi connectivity index (χ4v) is 1.42. The van der Waals surface area contributed by atoms with Gasteiger partial charge in [0.1, 0.15) is 12.1 Å². The van der Waals surface area contributed by atoms with Crippen LogP contribution in [0.3, 0.4) is 0 Å². The summed E-state index contributed by atoms with van der Waals surface area (Å²) in [5.74, 6) is -5.19. The third-order valence-electron chi connectivity index (χ3n) is 2.72. The zero-order valence-corrected chi connectivity index (χ0v) is 12.8. The molecule has 0 aromatic carbocycles. The van der Waals surface area contributed by atoms with Crippen LogP contribution in [0.2, 0.25) is 0 Å². The van der Waals surface area contributed by atoms with Gasteiger partial charge in [0.2, 0.25) is 17.7 Å². The van der Waals surface area contributed by atoms with E-state index in [1.807, 2.05) is 5.32 Å². The SMILES string of the molecule is CC(NC(=O)CNC(=O)C(N)CC(=O)O)C(=O)NC(CO)C(=O)O. The smallest absolute Gasteiger partial charge is 0.328 e. The molecule has 24 heavy (non-hydrogen) atoms. The van der Waals surface area contributed by atoms with E-state index in [1.165, 1.54) is 6.92 Å². The molecule has 136 valence electrons. The molecule has 12 heteroatoms. The summed E-state index contributed by atoms with van der Waals surface area (Å²) in [6.07, 6.45) is -0.607. The average molecular weight is 348 g/mol. The number of hydrogen-bond donors (Lipinski definition) is 7. The van der Waals surface area contributed by atoms with E-state index >= 15 is 0 Å². The molecular formula is C12H20N4O8. The average Bonchev–Trinajstić information content (AvgIpc) is 2.48. The van der Waals surface area contributed by atoms with Gasteiger partial charge < -0.3 is 37.0 Å². The van der Waals surface area contributed by atoms with E-state index in [4.69, 9.17) is 21.1 Å². The molecule has 8 N–H and O–H groups in total.